The minimum atomic E-state index is -0.412. The van der Waals surface area contributed by atoms with Crippen LogP contribution in [-0.4, -0.2) is 23.7 Å². The molecule has 3 nitrogen and oxygen atoms in total. The number of esters is 1. The van der Waals surface area contributed by atoms with Crippen LogP contribution < -0.4 is 0 Å². The van der Waals surface area contributed by atoms with Crippen LogP contribution >= 0.6 is 15.9 Å². The first-order chi connectivity index (χ1) is 4.16. The van der Waals surface area contributed by atoms with E-state index in [0.717, 1.165) is 0 Å². The lowest BCUT2D eigenvalue weighted by molar-refractivity contribution is -0.144. The number of hydrogen-bond acceptors (Lipinski definition) is 3. The van der Waals surface area contributed by atoms with Gasteiger partial charge in [0.2, 0.25) is 0 Å². The van der Waals surface area contributed by atoms with Crippen molar-refractivity contribution in [2.24, 2.45) is 0 Å². The van der Waals surface area contributed by atoms with E-state index in [9.17, 15) is 9.59 Å². The molecular formula is C5H7BrO3. The number of carbonyl (C=O) groups excluding carboxylic acids is 2. The SMILES string of the molecule is CC(=O)COC(=O)CBr. The fourth-order valence-corrected chi connectivity index (χ4v) is 0.383. The second-order valence-electron chi connectivity index (χ2n) is 1.50. The van der Waals surface area contributed by atoms with Crippen molar-refractivity contribution in [1.82, 2.24) is 0 Å². The quantitative estimate of drug-likeness (QED) is 0.486. The molecule has 0 bridgehead atoms. The van der Waals surface area contributed by atoms with Crippen molar-refractivity contribution in [2.75, 3.05) is 11.9 Å². The summed E-state index contributed by atoms with van der Waals surface area (Å²) >= 11 is 2.88. The number of ether oxygens (including phenoxy) is 1. The Morgan fingerprint density at radius 1 is 1.56 bits per heavy atom. The van der Waals surface area contributed by atoms with Gasteiger partial charge in [0.1, 0.15) is 11.9 Å². The molecule has 0 rings (SSSR count). The van der Waals surface area contributed by atoms with E-state index >= 15 is 0 Å². The summed E-state index contributed by atoms with van der Waals surface area (Å²) in [5.41, 5.74) is 0. The molecule has 0 aliphatic carbocycles. The third-order valence-electron chi connectivity index (χ3n) is 0.546. The van der Waals surface area contributed by atoms with Gasteiger partial charge in [0.15, 0.2) is 5.78 Å². The molecule has 0 saturated carbocycles. The molecule has 0 atom stereocenters. The monoisotopic (exact) mass is 194 g/mol. The molecule has 0 saturated heterocycles. The van der Waals surface area contributed by atoms with Crippen molar-refractivity contribution >= 4 is 27.7 Å². The molecule has 4 heteroatoms. The minimum Gasteiger partial charge on any atom is -0.457 e. The molecular weight excluding hydrogens is 188 g/mol. The van der Waals surface area contributed by atoms with Gasteiger partial charge in [0, 0.05) is 0 Å². The molecule has 0 aromatic heterocycles. The average molecular weight is 195 g/mol. The first-order valence-corrected chi connectivity index (χ1v) is 3.50. The zero-order chi connectivity index (χ0) is 7.28. The van der Waals surface area contributed by atoms with Gasteiger partial charge >= 0.3 is 5.97 Å². The Bertz CT molecular complexity index is 121. The summed E-state index contributed by atoms with van der Waals surface area (Å²) in [5.74, 6) is -0.561. The highest BCUT2D eigenvalue weighted by atomic mass is 79.9. The lowest BCUT2D eigenvalue weighted by atomic mass is 10.5. The van der Waals surface area contributed by atoms with Gasteiger partial charge in [-0.1, -0.05) is 15.9 Å². The Morgan fingerprint density at radius 3 is 2.44 bits per heavy atom. The number of alkyl halides is 1. The van der Waals surface area contributed by atoms with E-state index in [-0.39, 0.29) is 17.7 Å². The highest BCUT2D eigenvalue weighted by Crippen LogP contribution is 1.84. The lowest BCUT2D eigenvalue weighted by Crippen LogP contribution is -2.11. The van der Waals surface area contributed by atoms with Gasteiger partial charge < -0.3 is 4.74 Å². The normalized spacial score (nSPS) is 8.67. The molecule has 0 spiro atoms. The highest BCUT2D eigenvalue weighted by Gasteiger charge is 1.99. The predicted octanol–water partition coefficient (Wildman–Crippen LogP) is 0.513. The van der Waals surface area contributed by atoms with Crippen LogP contribution in [0.1, 0.15) is 6.92 Å². The predicted molar refractivity (Wildman–Crippen MR) is 35.4 cm³/mol. The zero-order valence-electron chi connectivity index (χ0n) is 5.02. The van der Waals surface area contributed by atoms with Crippen LogP contribution in [0.3, 0.4) is 0 Å². The van der Waals surface area contributed by atoms with E-state index in [1.807, 2.05) is 0 Å². The average Bonchev–Trinajstić information content (AvgIpc) is 1.83. The Hall–Kier alpha value is -0.380. The number of hydrogen-bond donors (Lipinski definition) is 0. The summed E-state index contributed by atoms with van der Waals surface area (Å²) in [6, 6.07) is 0. The fraction of sp³-hybridized carbons (Fsp3) is 0.600. The van der Waals surface area contributed by atoms with E-state index in [2.05, 4.69) is 20.7 Å². The van der Waals surface area contributed by atoms with E-state index in [1.54, 1.807) is 0 Å². The molecule has 0 unspecified atom stereocenters. The van der Waals surface area contributed by atoms with E-state index in [1.165, 1.54) is 6.92 Å². The van der Waals surface area contributed by atoms with Crippen LogP contribution in [0.2, 0.25) is 0 Å². The smallest absolute Gasteiger partial charge is 0.316 e. The maximum Gasteiger partial charge on any atom is 0.316 e. The molecule has 0 radical (unpaired) electrons. The maximum atomic E-state index is 10.3. The molecule has 0 aromatic rings. The summed E-state index contributed by atoms with van der Waals surface area (Å²) in [6.07, 6.45) is 0. The third-order valence-corrected chi connectivity index (χ3v) is 1.00. The third kappa shape index (κ3) is 5.49. The number of halogens is 1. The zero-order valence-corrected chi connectivity index (χ0v) is 6.60. The van der Waals surface area contributed by atoms with Gasteiger partial charge in [-0.15, -0.1) is 0 Å². The topological polar surface area (TPSA) is 43.4 Å². The van der Waals surface area contributed by atoms with E-state index in [0.29, 0.717) is 0 Å². The summed E-state index contributed by atoms with van der Waals surface area (Å²) in [5, 5.41) is 0.139. The molecule has 0 N–H and O–H groups in total. The Morgan fingerprint density at radius 2 is 2.11 bits per heavy atom. The van der Waals surface area contributed by atoms with Crippen LogP contribution in [-0.2, 0) is 14.3 Å². The summed E-state index contributed by atoms with van der Waals surface area (Å²) in [7, 11) is 0. The molecule has 0 amide bonds. The summed E-state index contributed by atoms with van der Waals surface area (Å²) in [6.45, 7) is 1.24. The lowest BCUT2D eigenvalue weighted by Gasteiger charge is -1.96. The largest absolute Gasteiger partial charge is 0.457 e. The molecule has 0 aromatic carbocycles. The van der Waals surface area contributed by atoms with Crippen LogP contribution in [0.25, 0.3) is 0 Å². The van der Waals surface area contributed by atoms with Crippen LogP contribution in [0, 0.1) is 0 Å². The number of ketones is 1. The molecule has 0 aliphatic rings. The molecule has 0 heterocycles. The summed E-state index contributed by atoms with van der Waals surface area (Å²) in [4.78, 5) is 20.5. The molecule has 0 fully saturated rings. The number of Topliss-reactive ketones (excluding diaryl/α,β-unsaturated/α-hetero) is 1. The second kappa shape index (κ2) is 4.49. The number of rotatable bonds is 3. The molecule has 52 valence electrons. The minimum absolute atomic E-state index is 0.121. The standard InChI is InChI=1S/C5H7BrO3/c1-4(7)3-9-5(8)2-6/h2-3H2,1H3. The molecule has 9 heavy (non-hydrogen) atoms. The first kappa shape index (κ1) is 8.62. The van der Waals surface area contributed by atoms with Gasteiger partial charge in [0.25, 0.3) is 0 Å². The van der Waals surface area contributed by atoms with Gasteiger partial charge in [-0.25, -0.2) is 0 Å². The van der Waals surface area contributed by atoms with Crippen molar-refractivity contribution in [3.05, 3.63) is 0 Å². The second-order valence-corrected chi connectivity index (χ2v) is 2.06. The van der Waals surface area contributed by atoms with E-state index in [4.69, 9.17) is 0 Å². The van der Waals surface area contributed by atoms with Crippen molar-refractivity contribution in [3.8, 4) is 0 Å². The number of carbonyl (C=O) groups is 2. The highest BCUT2D eigenvalue weighted by molar-refractivity contribution is 9.09. The van der Waals surface area contributed by atoms with Gasteiger partial charge in [0.05, 0.1) is 0 Å². The Labute approximate surface area is 61.5 Å². The Kier molecular flexibility index (Phi) is 4.30. The van der Waals surface area contributed by atoms with Crippen molar-refractivity contribution in [3.63, 3.8) is 0 Å². The van der Waals surface area contributed by atoms with Crippen LogP contribution in [0.5, 0.6) is 0 Å². The van der Waals surface area contributed by atoms with Crippen molar-refractivity contribution in [2.45, 2.75) is 6.92 Å². The van der Waals surface area contributed by atoms with Crippen molar-refractivity contribution in [1.29, 1.82) is 0 Å². The van der Waals surface area contributed by atoms with Crippen molar-refractivity contribution < 1.29 is 14.3 Å². The fourth-order valence-electron chi connectivity index (χ4n) is 0.221. The Balaban J connectivity index is 3.28. The molecule has 0 aliphatic heterocycles. The van der Waals surface area contributed by atoms with Crippen LogP contribution in [0.15, 0.2) is 0 Å². The van der Waals surface area contributed by atoms with Gasteiger partial charge in [-0.05, 0) is 6.92 Å². The van der Waals surface area contributed by atoms with Gasteiger partial charge in [-0.3, -0.25) is 9.59 Å². The first-order valence-electron chi connectivity index (χ1n) is 2.38. The summed E-state index contributed by atoms with van der Waals surface area (Å²) < 4.78 is 4.42. The maximum absolute atomic E-state index is 10.3. The van der Waals surface area contributed by atoms with Gasteiger partial charge in [-0.2, -0.15) is 0 Å². The van der Waals surface area contributed by atoms with Crippen LogP contribution in [0.4, 0.5) is 0 Å². The van der Waals surface area contributed by atoms with E-state index < -0.39 is 5.97 Å².